The number of aryl methyl sites for hydroxylation is 1. The first-order valence-corrected chi connectivity index (χ1v) is 9.71. The Morgan fingerprint density at radius 2 is 1.93 bits per heavy atom. The summed E-state index contributed by atoms with van der Waals surface area (Å²) in [6.07, 6.45) is 5.65. The molecule has 0 aliphatic carbocycles. The van der Waals surface area contributed by atoms with E-state index in [0.29, 0.717) is 22.6 Å². The Morgan fingerprint density at radius 3 is 2.72 bits per heavy atom. The molecule has 148 valence electrons. The lowest BCUT2D eigenvalue weighted by atomic mass is 10.1. The van der Waals surface area contributed by atoms with Crippen LogP contribution >= 0.6 is 0 Å². The lowest BCUT2D eigenvalue weighted by Crippen LogP contribution is -2.43. The molecule has 1 saturated heterocycles. The van der Waals surface area contributed by atoms with Gasteiger partial charge in [0.25, 0.3) is 5.56 Å². The predicted molar refractivity (Wildman–Crippen MR) is 111 cm³/mol. The molecule has 0 spiro atoms. The second-order valence-corrected chi connectivity index (χ2v) is 7.36. The van der Waals surface area contributed by atoms with E-state index in [1.807, 2.05) is 48.1 Å². The Balaban J connectivity index is 1.61. The molecular formula is C21H22N6O2. The highest BCUT2D eigenvalue weighted by Crippen LogP contribution is 2.22. The number of hydrogen-bond acceptors (Lipinski definition) is 6. The van der Waals surface area contributed by atoms with E-state index in [9.17, 15) is 9.90 Å². The minimum absolute atomic E-state index is 0.130. The molecule has 1 fully saturated rings. The molecule has 5 heterocycles. The van der Waals surface area contributed by atoms with Crippen LogP contribution in [0.2, 0.25) is 0 Å². The smallest absolute Gasteiger partial charge is 0.258 e. The van der Waals surface area contributed by atoms with Crippen molar-refractivity contribution in [3.05, 3.63) is 64.5 Å². The molecule has 0 radical (unpaired) electrons. The van der Waals surface area contributed by atoms with Crippen LogP contribution in [0.1, 0.15) is 11.3 Å². The number of aliphatic hydroxyl groups excluding tert-OH is 1. The number of anilines is 1. The second kappa shape index (κ2) is 6.98. The summed E-state index contributed by atoms with van der Waals surface area (Å²) in [7, 11) is 0. The van der Waals surface area contributed by atoms with E-state index in [1.165, 1.54) is 0 Å². The number of aromatic nitrogens is 4. The maximum Gasteiger partial charge on any atom is 0.258 e. The van der Waals surface area contributed by atoms with Crippen molar-refractivity contribution in [2.75, 3.05) is 31.1 Å². The van der Waals surface area contributed by atoms with Gasteiger partial charge < -0.3 is 19.7 Å². The molecule has 0 atom stereocenters. The van der Waals surface area contributed by atoms with Crippen LogP contribution in [-0.2, 0) is 6.61 Å². The first kappa shape index (κ1) is 17.8. The fourth-order valence-electron chi connectivity index (χ4n) is 3.90. The Morgan fingerprint density at radius 1 is 1.10 bits per heavy atom. The van der Waals surface area contributed by atoms with Gasteiger partial charge in [0.05, 0.1) is 23.7 Å². The van der Waals surface area contributed by atoms with E-state index >= 15 is 0 Å². The van der Waals surface area contributed by atoms with Crippen LogP contribution in [0, 0.1) is 6.92 Å². The summed E-state index contributed by atoms with van der Waals surface area (Å²) in [4.78, 5) is 24.3. The summed E-state index contributed by atoms with van der Waals surface area (Å²) < 4.78 is 3.46. The largest absolute Gasteiger partial charge is 0.392 e. The van der Waals surface area contributed by atoms with Crippen molar-refractivity contribution in [3.8, 4) is 11.3 Å². The van der Waals surface area contributed by atoms with Gasteiger partial charge in [-0.2, -0.15) is 0 Å². The van der Waals surface area contributed by atoms with Gasteiger partial charge in [-0.1, -0.05) is 0 Å². The van der Waals surface area contributed by atoms with Gasteiger partial charge in [0.1, 0.15) is 11.3 Å². The van der Waals surface area contributed by atoms with Crippen molar-refractivity contribution in [2.45, 2.75) is 13.5 Å². The highest BCUT2D eigenvalue weighted by molar-refractivity contribution is 5.66. The highest BCUT2D eigenvalue weighted by atomic mass is 16.3. The van der Waals surface area contributed by atoms with E-state index in [1.54, 1.807) is 10.5 Å². The average Bonchev–Trinajstić information content (AvgIpc) is 3.13. The predicted octanol–water partition coefficient (Wildman–Crippen LogP) is 1.22. The number of hydrogen-bond donors (Lipinski definition) is 2. The Labute approximate surface area is 167 Å². The molecule has 5 rings (SSSR count). The number of rotatable bonds is 3. The average molecular weight is 390 g/mol. The number of fused-ring (bicyclic) bond motifs is 2. The first-order valence-electron chi connectivity index (χ1n) is 9.71. The van der Waals surface area contributed by atoms with Gasteiger partial charge in [0.15, 0.2) is 0 Å². The number of nitrogens with one attached hydrogen (secondary N) is 1. The highest BCUT2D eigenvalue weighted by Gasteiger charge is 2.14. The zero-order valence-corrected chi connectivity index (χ0v) is 16.2. The molecule has 0 bridgehead atoms. The third-order valence-electron chi connectivity index (χ3n) is 5.34. The lowest BCUT2D eigenvalue weighted by molar-refractivity contribution is 0.282. The number of piperazine rings is 1. The quantitative estimate of drug-likeness (QED) is 0.547. The monoisotopic (exact) mass is 390 g/mol. The molecule has 4 aromatic heterocycles. The van der Waals surface area contributed by atoms with Crippen molar-refractivity contribution in [2.24, 2.45) is 0 Å². The minimum Gasteiger partial charge on any atom is -0.392 e. The molecule has 8 heteroatoms. The molecule has 0 unspecified atom stereocenters. The van der Waals surface area contributed by atoms with E-state index in [0.717, 1.165) is 43.1 Å². The molecule has 0 saturated carbocycles. The van der Waals surface area contributed by atoms with Crippen LogP contribution in [0.25, 0.3) is 22.6 Å². The molecular weight excluding hydrogens is 368 g/mol. The van der Waals surface area contributed by atoms with Crippen molar-refractivity contribution in [3.63, 3.8) is 0 Å². The summed E-state index contributed by atoms with van der Waals surface area (Å²) in [6.45, 7) is 5.49. The maximum atomic E-state index is 12.9. The summed E-state index contributed by atoms with van der Waals surface area (Å²) in [6, 6.07) is 7.28. The van der Waals surface area contributed by atoms with Crippen LogP contribution in [0.15, 0.2) is 47.7 Å². The Bertz CT molecular complexity index is 1270. The first-order chi connectivity index (χ1) is 14.1. The molecule has 0 aromatic carbocycles. The SMILES string of the molecule is Cc1cn2cc(-c3cc(=O)n4cc(N5CCNCC5)ccc4n3)cc(CO)c2n1. The summed E-state index contributed by atoms with van der Waals surface area (Å²) >= 11 is 0. The Kier molecular flexibility index (Phi) is 4.30. The topological polar surface area (TPSA) is 87.2 Å². The summed E-state index contributed by atoms with van der Waals surface area (Å²) in [5, 5.41) is 13.1. The second-order valence-electron chi connectivity index (χ2n) is 7.36. The van der Waals surface area contributed by atoms with Gasteiger partial charge in [-0.25, -0.2) is 9.97 Å². The van der Waals surface area contributed by atoms with E-state index in [-0.39, 0.29) is 12.2 Å². The van der Waals surface area contributed by atoms with Crippen LogP contribution < -0.4 is 15.8 Å². The molecule has 29 heavy (non-hydrogen) atoms. The standard InChI is InChI=1S/C21H22N6O2/c1-14-10-26-11-15(8-16(13-28)21(26)23-14)18-9-20(29)27-12-17(2-3-19(27)24-18)25-6-4-22-5-7-25/h2-3,8-12,22,28H,4-7,13H2,1H3. The van der Waals surface area contributed by atoms with Crippen molar-refractivity contribution in [1.29, 1.82) is 0 Å². The maximum absolute atomic E-state index is 12.9. The molecule has 0 amide bonds. The van der Waals surface area contributed by atoms with Crippen molar-refractivity contribution >= 4 is 17.0 Å². The number of nitrogens with zero attached hydrogens (tertiary/aromatic N) is 5. The van der Waals surface area contributed by atoms with E-state index < -0.39 is 0 Å². The van der Waals surface area contributed by atoms with Crippen LogP contribution in [0.4, 0.5) is 5.69 Å². The summed E-state index contributed by atoms with van der Waals surface area (Å²) in [5.41, 5.74) is 5.11. The molecule has 2 N–H and O–H groups in total. The van der Waals surface area contributed by atoms with Gasteiger partial charge in [0.2, 0.25) is 0 Å². The van der Waals surface area contributed by atoms with Crippen LogP contribution in [-0.4, -0.2) is 50.1 Å². The van der Waals surface area contributed by atoms with Gasteiger partial charge in [0, 0.05) is 62.0 Å². The fourth-order valence-corrected chi connectivity index (χ4v) is 3.90. The molecule has 4 aromatic rings. The van der Waals surface area contributed by atoms with Crippen molar-refractivity contribution < 1.29 is 5.11 Å². The lowest BCUT2D eigenvalue weighted by Gasteiger charge is -2.29. The van der Waals surface area contributed by atoms with Crippen molar-refractivity contribution in [1.82, 2.24) is 24.1 Å². The summed E-state index contributed by atoms with van der Waals surface area (Å²) in [5.74, 6) is 0. The minimum atomic E-state index is -0.131. The third-order valence-corrected chi connectivity index (χ3v) is 5.34. The zero-order valence-electron chi connectivity index (χ0n) is 16.2. The fraction of sp³-hybridized carbons (Fsp3) is 0.286. The van der Waals surface area contributed by atoms with Gasteiger partial charge >= 0.3 is 0 Å². The normalized spacial score (nSPS) is 14.8. The van der Waals surface area contributed by atoms with E-state index in [2.05, 4.69) is 15.2 Å². The zero-order chi connectivity index (χ0) is 20.0. The number of aliphatic hydroxyl groups is 1. The number of pyridine rings is 2. The van der Waals surface area contributed by atoms with Gasteiger partial charge in [-0.05, 0) is 25.1 Å². The van der Waals surface area contributed by atoms with Gasteiger partial charge in [-0.3, -0.25) is 9.20 Å². The molecule has 8 nitrogen and oxygen atoms in total. The van der Waals surface area contributed by atoms with Crippen LogP contribution in [0.5, 0.6) is 0 Å². The van der Waals surface area contributed by atoms with E-state index in [4.69, 9.17) is 4.98 Å². The molecule has 1 aliphatic heterocycles. The molecule has 1 aliphatic rings. The van der Waals surface area contributed by atoms with Crippen LogP contribution in [0.3, 0.4) is 0 Å². The third kappa shape index (κ3) is 3.16. The van der Waals surface area contributed by atoms with Gasteiger partial charge in [-0.15, -0.1) is 0 Å². The Hall–Kier alpha value is -3.23. The number of imidazole rings is 1.